The molecule has 34 heavy (non-hydrogen) atoms. The first-order chi connectivity index (χ1) is 15.6. The van der Waals surface area contributed by atoms with Gasteiger partial charge in [0.15, 0.2) is 0 Å². The molecule has 188 valence electrons. The van der Waals surface area contributed by atoms with Crippen molar-refractivity contribution in [3.63, 3.8) is 0 Å². The molecule has 0 aromatic heterocycles. The molecular formula is C23H34FN5O5. The third kappa shape index (κ3) is 7.89. The Bertz CT molecular complexity index is 923. The van der Waals surface area contributed by atoms with Gasteiger partial charge in [-0.15, -0.1) is 4.99 Å². The van der Waals surface area contributed by atoms with Crippen LogP contribution in [-0.2, 0) is 16.0 Å². The summed E-state index contributed by atoms with van der Waals surface area (Å²) >= 11 is 0. The maximum Gasteiger partial charge on any atom is 0.437 e. The van der Waals surface area contributed by atoms with Crippen LogP contribution < -0.4 is 0 Å². The molecule has 0 atom stereocenters. The van der Waals surface area contributed by atoms with Crippen LogP contribution in [0.15, 0.2) is 29.3 Å². The molecule has 1 aromatic carbocycles. The van der Waals surface area contributed by atoms with Gasteiger partial charge >= 0.3 is 18.2 Å². The Morgan fingerprint density at radius 1 is 0.971 bits per heavy atom. The van der Waals surface area contributed by atoms with Gasteiger partial charge in [0.2, 0.25) is 5.96 Å². The number of carbonyl (C=O) groups is 3. The van der Waals surface area contributed by atoms with Gasteiger partial charge in [-0.2, -0.15) is 0 Å². The smallest absolute Gasteiger partial charge is 0.437 e. The molecular weight excluding hydrogens is 445 g/mol. The molecule has 0 aliphatic carbocycles. The number of guanidine groups is 1. The maximum atomic E-state index is 13.5. The molecule has 1 aliphatic heterocycles. The summed E-state index contributed by atoms with van der Waals surface area (Å²) in [6, 6.07) is 5.36. The lowest BCUT2D eigenvalue weighted by Gasteiger charge is -2.42. The summed E-state index contributed by atoms with van der Waals surface area (Å²) in [5.41, 5.74) is -1.07. The van der Waals surface area contributed by atoms with E-state index >= 15 is 0 Å². The van der Waals surface area contributed by atoms with E-state index in [0.29, 0.717) is 5.56 Å². The zero-order chi connectivity index (χ0) is 25.8. The first kappa shape index (κ1) is 26.9. The number of aliphatic imine (C=N–C) groups is 1. The van der Waals surface area contributed by atoms with Crippen LogP contribution in [0.25, 0.3) is 0 Å². The third-order valence-electron chi connectivity index (χ3n) is 4.40. The number of ether oxygens (including phenoxy) is 2. The Morgan fingerprint density at radius 3 is 1.94 bits per heavy atom. The lowest BCUT2D eigenvalue weighted by molar-refractivity contribution is 0.0300. The van der Waals surface area contributed by atoms with Crippen LogP contribution >= 0.6 is 0 Å². The molecule has 4 amide bonds. The van der Waals surface area contributed by atoms with Crippen molar-refractivity contribution < 1.29 is 28.2 Å². The Balaban J connectivity index is 2.55. The number of benzene rings is 1. The monoisotopic (exact) mass is 479 g/mol. The minimum atomic E-state index is -0.905. The highest BCUT2D eigenvalue weighted by Gasteiger charge is 2.35. The largest absolute Gasteiger partial charge is 0.443 e. The van der Waals surface area contributed by atoms with Crippen molar-refractivity contribution in [2.45, 2.75) is 59.3 Å². The van der Waals surface area contributed by atoms with Crippen molar-refractivity contribution in [3.05, 3.63) is 35.6 Å². The summed E-state index contributed by atoms with van der Waals surface area (Å²) in [6.45, 7) is 10.3. The molecule has 1 heterocycles. The number of rotatable bonds is 2. The molecule has 1 aliphatic rings. The van der Waals surface area contributed by atoms with Crippen molar-refractivity contribution in [2.24, 2.45) is 4.99 Å². The molecule has 1 fully saturated rings. The van der Waals surface area contributed by atoms with Crippen molar-refractivity contribution in [2.75, 3.05) is 27.4 Å². The van der Waals surface area contributed by atoms with Gasteiger partial charge < -0.3 is 24.2 Å². The molecule has 2 rings (SSSR count). The molecule has 0 bridgehead atoms. The van der Waals surface area contributed by atoms with Crippen LogP contribution in [0.1, 0.15) is 47.1 Å². The quantitative estimate of drug-likeness (QED) is 0.469. The number of carbonyl (C=O) groups excluding carboxylic acids is 3. The van der Waals surface area contributed by atoms with E-state index in [1.807, 2.05) is 0 Å². The van der Waals surface area contributed by atoms with E-state index in [2.05, 4.69) is 4.99 Å². The topological polar surface area (TPSA) is 95.0 Å². The van der Waals surface area contributed by atoms with Crippen LogP contribution in [0.5, 0.6) is 0 Å². The molecule has 0 N–H and O–H groups in total. The molecule has 1 saturated heterocycles. The average Bonchev–Trinajstić information content (AvgIpc) is 2.67. The number of halogens is 1. The number of nitrogens with zero attached hydrogens (tertiary/aromatic N) is 5. The third-order valence-corrected chi connectivity index (χ3v) is 4.40. The van der Waals surface area contributed by atoms with Gasteiger partial charge in [-0.05, 0) is 59.2 Å². The lowest BCUT2D eigenvalue weighted by atomic mass is 10.2. The first-order valence-corrected chi connectivity index (χ1v) is 10.8. The van der Waals surface area contributed by atoms with E-state index in [1.165, 1.54) is 39.0 Å². The highest BCUT2D eigenvalue weighted by molar-refractivity contribution is 5.99. The van der Waals surface area contributed by atoms with Gasteiger partial charge in [0.05, 0.1) is 19.9 Å². The van der Waals surface area contributed by atoms with Crippen LogP contribution in [0, 0.1) is 5.82 Å². The lowest BCUT2D eigenvalue weighted by Crippen LogP contribution is -2.60. The van der Waals surface area contributed by atoms with Crippen LogP contribution in [0.2, 0.25) is 0 Å². The van der Waals surface area contributed by atoms with Crippen LogP contribution in [0.3, 0.4) is 0 Å². The predicted molar refractivity (Wildman–Crippen MR) is 124 cm³/mol. The molecule has 1 aromatic rings. The van der Waals surface area contributed by atoms with Crippen molar-refractivity contribution in [3.8, 4) is 0 Å². The van der Waals surface area contributed by atoms with Crippen molar-refractivity contribution in [1.82, 2.24) is 19.6 Å². The highest BCUT2D eigenvalue weighted by atomic mass is 19.1. The summed E-state index contributed by atoms with van der Waals surface area (Å²) in [5, 5.41) is 0. The fourth-order valence-electron chi connectivity index (χ4n) is 3.07. The highest BCUT2D eigenvalue weighted by Crippen LogP contribution is 2.19. The van der Waals surface area contributed by atoms with Gasteiger partial charge in [0.1, 0.15) is 17.0 Å². The fourth-order valence-corrected chi connectivity index (χ4v) is 3.07. The predicted octanol–water partition coefficient (Wildman–Crippen LogP) is 4.07. The van der Waals surface area contributed by atoms with Gasteiger partial charge in [-0.1, -0.05) is 12.1 Å². The summed E-state index contributed by atoms with van der Waals surface area (Å²) in [6.07, 6.45) is -1.67. The number of amides is 4. The van der Waals surface area contributed by atoms with E-state index in [1.54, 1.807) is 60.5 Å². The summed E-state index contributed by atoms with van der Waals surface area (Å²) in [5.74, 6) is -0.480. The second kappa shape index (κ2) is 10.3. The Morgan fingerprint density at radius 2 is 1.47 bits per heavy atom. The molecule has 0 spiro atoms. The van der Waals surface area contributed by atoms with Crippen LogP contribution in [-0.4, -0.2) is 82.4 Å². The van der Waals surface area contributed by atoms with Crippen LogP contribution in [0.4, 0.5) is 18.8 Å². The molecule has 10 nitrogen and oxygen atoms in total. The Kier molecular flexibility index (Phi) is 8.12. The van der Waals surface area contributed by atoms with Gasteiger partial charge in [0, 0.05) is 14.1 Å². The summed E-state index contributed by atoms with van der Waals surface area (Å²) in [7, 11) is 3.18. The number of hydrogen-bond donors (Lipinski definition) is 0. The second-order valence-electron chi connectivity index (χ2n) is 10.1. The minimum absolute atomic E-state index is 0.0565. The number of urea groups is 1. The number of hydrogen-bond acceptors (Lipinski definition) is 5. The molecule has 0 radical (unpaired) electrons. The molecule has 0 unspecified atom stereocenters. The van der Waals surface area contributed by atoms with E-state index in [4.69, 9.17) is 9.47 Å². The van der Waals surface area contributed by atoms with E-state index < -0.39 is 29.2 Å². The zero-order valence-electron chi connectivity index (χ0n) is 21.1. The van der Waals surface area contributed by atoms with Gasteiger partial charge in [-0.3, -0.25) is 0 Å². The molecule has 11 heteroatoms. The second-order valence-corrected chi connectivity index (χ2v) is 10.1. The zero-order valence-corrected chi connectivity index (χ0v) is 21.1. The normalized spacial score (nSPS) is 15.4. The SMILES string of the molecule is CN1CN(/C(=N\C(=O)OC(C)(C)C)N(Cc2ccc(F)cc2)C(=O)OC(C)(C)C)CN(C)C1=O. The summed E-state index contributed by atoms with van der Waals surface area (Å²) < 4.78 is 24.4. The van der Waals surface area contributed by atoms with Gasteiger partial charge in [0.25, 0.3) is 0 Å². The minimum Gasteiger partial charge on any atom is -0.443 e. The average molecular weight is 480 g/mol. The van der Waals surface area contributed by atoms with E-state index in [-0.39, 0.29) is 31.9 Å². The fraction of sp³-hybridized carbons (Fsp3) is 0.565. The maximum absolute atomic E-state index is 13.5. The van der Waals surface area contributed by atoms with Gasteiger partial charge in [-0.25, -0.2) is 23.7 Å². The summed E-state index contributed by atoms with van der Waals surface area (Å²) in [4.78, 5) is 48.0. The standard InChI is InChI=1S/C23H34FN5O5/c1-22(2,3)33-19(30)25-18(28-14-26(7)20(31)27(8)15-28)29(21(32)34-23(4,5)6)13-16-9-11-17(24)12-10-16/h9-12H,13-15H2,1-8H3/b25-18+. The van der Waals surface area contributed by atoms with E-state index in [0.717, 1.165) is 0 Å². The van der Waals surface area contributed by atoms with Crippen molar-refractivity contribution >= 4 is 24.2 Å². The first-order valence-electron chi connectivity index (χ1n) is 10.8. The molecule has 0 saturated carbocycles. The Hall–Kier alpha value is -3.37. The van der Waals surface area contributed by atoms with E-state index in [9.17, 15) is 18.8 Å². The Labute approximate surface area is 199 Å². The van der Waals surface area contributed by atoms with Crippen molar-refractivity contribution in [1.29, 1.82) is 0 Å².